The predicted molar refractivity (Wildman–Crippen MR) is 107 cm³/mol. The summed E-state index contributed by atoms with van der Waals surface area (Å²) in [5, 5.41) is 31.0. The van der Waals surface area contributed by atoms with Gasteiger partial charge in [-0.1, -0.05) is 0 Å². The maximum atomic E-state index is 12.7. The number of carbonyl (C=O) groups is 3. The van der Waals surface area contributed by atoms with Crippen LogP contribution in [0.2, 0.25) is 0 Å². The number of carboxylic acids is 1. The Morgan fingerprint density at radius 3 is 2.23 bits per heavy atom. The maximum absolute atomic E-state index is 12.7. The molecule has 3 rings (SSSR count). The standard InChI is InChI=1S/C21H18N2O8/c1-2-31-15-9-5-13(6-10-15)19(26)17-18(12-3-7-14(8-4-12)23(29)30)22(11-16(24)25)21(28)20(17)27/h3-10,18,26H,2,11H2,1H3,(H,24,25)/t18-/m1/s1. The first-order chi connectivity index (χ1) is 14.7. The number of aliphatic hydroxyl groups excluding tert-OH is 1. The van der Waals surface area contributed by atoms with Crippen molar-refractivity contribution in [2.75, 3.05) is 13.2 Å². The second kappa shape index (κ2) is 8.66. The summed E-state index contributed by atoms with van der Waals surface area (Å²) in [6.07, 6.45) is 0. The van der Waals surface area contributed by atoms with Gasteiger partial charge in [0.05, 0.1) is 23.1 Å². The molecular weight excluding hydrogens is 408 g/mol. The lowest BCUT2D eigenvalue weighted by atomic mass is 9.95. The number of aliphatic carboxylic acids is 1. The molecule has 1 atom stereocenters. The molecule has 0 bridgehead atoms. The van der Waals surface area contributed by atoms with E-state index in [-0.39, 0.29) is 22.4 Å². The second-order valence-corrected chi connectivity index (χ2v) is 6.63. The third-order valence-electron chi connectivity index (χ3n) is 4.70. The Balaban J connectivity index is 2.13. The van der Waals surface area contributed by atoms with E-state index in [0.29, 0.717) is 12.4 Å². The molecule has 1 fully saturated rings. The van der Waals surface area contributed by atoms with E-state index in [4.69, 9.17) is 4.74 Å². The van der Waals surface area contributed by atoms with E-state index in [1.165, 1.54) is 36.4 Å². The minimum atomic E-state index is -1.35. The molecule has 10 heteroatoms. The van der Waals surface area contributed by atoms with Gasteiger partial charge in [-0.05, 0) is 48.9 Å². The molecule has 0 spiro atoms. The topological polar surface area (TPSA) is 147 Å². The van der Waals surface area contributed by atoms with Crippen molar-refractivity contribution in [2.45, 2.75) is 13.0 Å². The summed E-state index contributed by atoms with van der Waals surface area (Å²) in [7, 11) is 0. The Labute approximate surface area is 176 Å². The highest BCUT2D eigenvalue weighted by atomic mass is 16.6. The summed E-state index contributed by atoms with van der Waals surface area (Å²) >= 11 is 0. The Bertz CT molecular complexity index is 1070. The number of carboxylic acid groups (broad SMARTS) is 1. The van der Waals surface area contributed by atoms with Gasteiger partial charge >= 0.3 is 5.97 Å². The highest BCUT2D eigenvalue weighted by molar-refractivity contribution is 6.46. The van der Waals surface area contributed by atoms with Crippen LogP contribution < -0.4 is 4.74 Å². The van der Waals surface area contributed by atoms with Gasteiger partial charge in [-0.3, -0.25) is 24.5 Å². The number of Topliss-reactive ketones (excluding diaryl/α,β-unsaturated/α-hetero) is 1. The summed E-state index contributed by atoms with van der Waals surface area (Å²) in [5.41, 5.74) is -0.0445. The van der Waals surface area contributed by atoms with Gasteiger partial charge in [-0.25, -0.2) is 0 Å². The van der Waals surface area contributed by atoms with Crippen molar-refractivity contribution in [3.63, 3.8) is 0 Å². The van der Waals surface area contributed by atoms with Gasteiger partial charge in [0, 0.05) is 17.7 Å². The van der Waals surface area contributed by atoms with E-state index in [1.54, 1.807) is 12.1 Å². The number of nitrogens with zero attached hydrogens (tertiary/aromatic N) is 2. The number of nitro benzene ring substituents is 1. The number of amides is 1. The quantitative estimate of drug-likeness (QED) is 0.226. The van der Waals surface area contributed by atoms with E-state index in [0.717, 1.165) is 4.90 Å². The number of non-ortho nitro benzene ring substituents is 1. The fourth-order valence-corrected chi connectivity index (χ4v) is 3.34. The lowest BCUT2D eigenvalue weighted by Crippen LogP contribution is -2.34. The molecule has 1 aliphatic heterocycles. The molecule has 0 aliphatic carbocycles. The second-order valence-electron chi connectivity index (χ2n) is 6.63. The molecule has 31 heavy (non-hydrogen) atoms. The van der Waals surface area contributed by atoms with Crippen molar-refractivity contribution < 1.29 is 34.3 Å². The first kappa shape index (κ1) is 21.5. The normalized spacial score (nSPS) is 17.6. The molecule has 1 amide bonds. The van der Waals surface area contributed by atoms with Crippen LogP contribution in [0.25, 0.3) is 5.76 Å². The predicted octanol–water partition coefficient (Wildman–Crippen LogP) is 2.50. The van der Waals surface area contributed by atoms with Crippen molar-refractivity contribution >= 4 is 29.1 Å². The zero-order valence-electron chi connectivity index (χ0n) is 16.3. The minimum absolute atomic E-state index is 0.217. The molecule has 0 saturated carbocycles. The molecule has 0 aromatic heterocycles. The molecule has 10 nitrogen and oxygen atoms in total. The molecule has 2 N–H and O–H groups in total. The average molecular weight is 426 g/mol. The highest BCUT2D eigenvalue weighted by Gasteiger charge is 2.46. The fraction of sp³-hybridized carbons (Fsp3) is 0.190. The highest BCUT2D eigenvalue weighted by Crippen LogP contribution is 2.39. The van der Waals surface area contributed by atoms with Crippen LogP contribution in [0.3, 0.4) is 0 Å². The number of hydrogen-bond acceptors (Lipinski definition) is 7. The van der Waals surface area contributed by atoms with E-state index in [9.17, 15) is 34.7 Å². The first-order valence-corrected chi connectivity index (χ1v) is 9.22. The smallest absolute Gasteiger partial charge is 0.323 e. The van der Waals surface area contributed by atoms with Crippen LogP contribution >= 0.6 is 0 Å². The minimum Gasteiger partial charge on any atom is -0.507 e. The Morgan fingerprint density at radius 2 is 1.71 bits per heavy atom. The van der Waals surface area contributed by atoms with Gasteiger partial charge in [0.1, 0.15) is 18.1 Å². The van der Waals surface area contributed by atoms with Gasteiger partial charge in [-0.2, -0.15) is 0 Å². The molecule has 0 unspecified atom stereocenters. The summed E-state index contributed by atoms with van der Waals surface area (Å²) in [6, 6.07) is 9.91. The van der Waals surface area contributed by atoms with Crippen molar-refractivity contribution in [1.29, 1.82) is 0 Å². The van der Waals surface area contributed by atoms with Gasteiger partial charge in [0.25, 0.3) is 17.4 Å². The largest absolute Gasteiger partial charge is 0.507 e. The van der Waals surface area contributed by atoms with E-state index in [2.05, 4.69) is 0 Å². The Kier molecular flexibility index (Phi) is 6.00. The van der Waals surface area contributed by atoms with Crippen molar-refractivity contribution in [3.05, 3.63) is 75.3 Å². The molecule has 1 heterocycles. The number of aliphatic hydroxyl groups is 1. The molecule has 1 saturated heterocycles. The fourth-order valence-electron chi connectivity index (χ4n) is 3.34. The Hall–Kier alpha value is -4.21. The Morgan fingerprint density at radius 1 is 1.10 bits per heavy atom. The molecule has 1 aliphatic rings. The van der Waals surface area contributed by atoms with Crippen molar-refractivity contribution in [2.24, 2.45) is 0 Å². The molecular formula is C21H18N2O8. The summed E-state index contributed by atoms with van der Waals surface area (Å²) in [5.74, 6) is -3.43. The van der Waals surface area contributed by atoms with Crippen LogP contribution in [0, 0.1) is 10.1 Å². The van der Waals surface area contributed by atoms with Crippen LogP contribution in [0.15, 0.2) is 54.1 Å². The number of rotatable bonds is 7. The summed E-state index contributed by atoms with van der Waals surface area (Å²) in [6.45, 7) is 1.46. The van der Waals surface area contributed by atoms with Crippen LogP contribution in [0.1, 0.15) is 24.1 Å². The zero-order chi connectivity index (χ0) is 22.7. The monoisotopic (exact) mass is 426 g/mol. The van der Waals surface area contributed by atoms with Gasteiger partial charge in [-0.15, -0.1) is 0 Å². The first-order valence-electron chi connectivity index (χ1n) is 9.22. The van der Waals surface area contributed by atoms with Crippen LogP contribution in [0.5, 0.6) is 5.75 Å². The number of carbonyl (C=O) groups excluding carboxylic acids is 2. The van der Waals surface area contributed by atoms with E-state index < -0.39 is 40.9 Å². The van der Waals surface area contributed by atoms with Crippen LogP contribution in [-0.2, 0) is 14.4 Å². The van der Waals surface area contributed by atoms with Gasteiger partial charge < -0.3 is 19.8 Å². The number of hydrogen-bond donors (Lipinski definition) is 2. The van der Waals surface area contributed by atoms with E-state index in [1.807, 2.05) is 6.92 Å². The third kappa shape index (κ3) is 4.22. The molecule has 2 aromatic carbocycles. The molecule has 160 valence electrons. The number of ketones is 1. The maximum Gasteiger partial charge on any atom is 0.323 e. The number of benzene rings is 2. The van der Waals surface area contributed by atoms with Gasteiger partial charge in [0.15, 0.2) is 0 Å². The van der Waals surface area contributed by atoms with Crippen molar-refractivity contribution in [3.8, 4) is 5.75 Å². The lowest BCUT2D eigenvalue weighted by Gasteiger charge is -2.23. The lowest BCUT2D eigenvalue weighted by molar-refractivity contribution is -0.384. The number of ether oxygens (including phenoxy) is 1. The third-order valence-corrected chi connectivity index (χ3v) is 4.70. The number of likely N-dealkylation sites (tertiary alicyclic amines) is 1. The number of nitro groups is 1. The zero-order valence-corrected chi connectivity index (χ0v) is 16.3. The summed E-state index contributed by atoms with van der Waals surface area (Å²) < 4.78 is 5.34. The summed E-state index contributed by atoms with van der Waals surface area (Å²) in [4.78, 5) is 47.6. The van der Waals surface area contributed by atoms with Gasteiger partial charge in [0.2, 0.25) is 0 Å². The average Bonchev–Trinajstić information content (AvgIpc) is 2.98. The molecule has 0 radical (unpaired) electrons. The van der Waals surface area contributed by atoms with Crippen LogP contribution in [-0.4, -0.2) is 50.8 Å². The molecule has 2 aromatic rings. The SMILES string of the molecule is CCOc1ccc(C(O)=C2C(=O)C(=O)N(CC(=O)O)[C@@H]2c2ccc([N+](=O)[O-])cc2)cc1. The van der Waals surface area contributed by atoms with Crippen LogP contribution in [0.4, 0.5) is 5.69 Å². The van der Waals surface area contributed by atoms with E-state index >= 15 is 0 Å². The van der Waals surface area contributed by atoms with Crippen molar-refractivity contribution in [1.82, 2.24) is 4.90 Å².